The van der Waals surface area contributed by atoms with E-state index < -0.39 is 67.4 Å². The van der Waals surface area contributed by atoms with Crippen LogP contribution in [0.2, 0.25) is 0 Å². The SMILES string of the molecule is CC/C=C\C/C=C\C/C=C\C/C=C\C/C=C\C/C=C\CCCCCCCCCCC(=O)OC1C(OCC(NC(=O)C(O)CCCC/C=C\CCCCCCCCC)C(O)/C=C/CCCCCCCCCCCC)OC(CO)C(O)C1O. The highest BCUT2D eigenvalue weighted by Crippen LogP contribution is 2.26. The molecule has 81 heavy (non-hydrogen) atoms. The number of carbonyl (C=O) groups excluding carboxylic acids is 2. The van der Waals surface area contributed by atoms with Crippen molar-refractivity contribution >= 4 is 11.9 Å². The molecule has 0 aromatic carbocycles. The Balaban J connectivity index is 2.59. The van der Waals surface area contributed by atoms with Gasteiger partial charge < -0.3 is 45.1 Å². The summed E-state index contributed by atoms with van der Waals surface area (Å²) < 4.78 is 17.6. The summed E-state index contributed by atoms with van der Waals surface area (Å²) in [5.41, 5.74) is 0. The lowest BCUT2D eigenvalue weighted by Crippen LogP contribution is -2.61. The Bertz CT molecular complexity index is 1690. The van der Waals surface area contributed by atoms with E-state index in [1.54, 1.807) is 6.08 Å². The monoisotopic (exact) mass is 1140 g/mol. The van der Waals surface area contributed by atoms with Crippen molar-refractivity contribution in [3.8, 4) is 0 Å². The summed E-state index contributed by atoms with van der Waals surface area (Å²) in [6.45, 7) is 5.65. The molecule has 8 unspecified atom stereocenters. The second-order valence-electron chi connectivity index (χ2n) is 22.5. The van der Waals surface area contributed by atoms with Crippen LogP contribution in [-0.4, -0.2) is 99.6 Å². The zero-order chi connectivity index (χ0) is 58.9. The minimum atomic E-state index is -1.62. The lowest BCUT2D eigenvalue weighted by Gasteiger charge is -2.41. The van der Waals surface area contributed by atoms with Gasteiger partial charge in [-0.2, -0.15) is 0 Å². The lowest BCUT2D eigenvalue weighted by molar-refractivity contribution is -0.305. The molecule has 1 heterocycles. The summed E-state index contributed by atoms with van der Waals surface area (Å²) in [5.74, 6) is -1.22. The largest absolute Gasteiger partial charge is 0.454 e. The minimum absolute atomic E-state index is 0.107. The second-order valence-corrected chi connectivity index (χ2v) is 22.5. The third-order valence-corrected chi connectivity index (χ3v) is 15.0. The molecule has 0 radical (unpaired) electrons. The van der Waals surface area contributed by atoms with E-state index in [2.05, 4.69) is 111 Å². The summed E-state index contributed by atoms with van der Waals surface area (Å²) in [6.07, 6.45) is 65.9. The average molecular weight is 1140 g/mol. The first-order valence-corrected chi connectivity index (χ1v) is 33.0. The molecule has 1 fully saturated rings. The van der Waals surface area contributed by atoms with Crippen LogP contribution in [0.4, 0.5) is 0 Å². The van der Waals surface area contributed by atoms with Gasteiger partial charge in [0.25, 0.3) is 0 Å². The van der Waals surface area contributed by atoms with Crippen LogP contribution < -0.4 is 5.32 Å². The van der Waals surface area contributed by atoms with Gasteiger partial charge in [-0.3, -0.25) is 9.59 Å². The van der Waals surface area contributed by atoms with Crippen LogP contribution in [-0.2, 0) is 23.8 Å². The van der Waals surface area contributed by atoms with Crippen molar-refractivity contribution in [1.29, 1.82) is 0 Å². The van der Waals surface area contributed by atoms with Crippen molar-refractivity contribution in [2.75, 3.05) is 13.2 Å². The van der Waals surface area contributed by atoms with Crippen LogP contribution in [0.15, 0.2) is 97.2 Å². The van der Waals surface area contributed by atoms with Gasteiger partial charge in [0.1, 0.15) is 24.4 Å². The van der Waals surface area contributed by atoms with E-state index in [4.69, 9.17) is 14.2 Å². The number of amides is 1. The molecule has 1 amide bonds. The van der Waals surface area contributed by atoms with Crippen LogP contribution in [0.5, 0.6) is 0 Å². The quantitative estimate of drug-likeness (QED) is 0.0195. The van der Waals surface area contributed by atoms with Crippen molar-refractivity contribution < 1.29 is 49.3 Å². The highest BCUT2D eigenvalue weighted by molar-refractivity contribution is 5.80. The number of aliphatic hydroxyl groups excluding tert-OH is 5. The Hall–Kier alpha value is -3.42. The number of unbranched alkanes of at least 4 members (excludes halogenated alkanes) is 27. The fourth-order valence-corrected chi connectivity index (χ4v) is 9.77. The highest BCUT2D eigenvalue weighted by atomic mass is 16.7. The van der Waals surface area contributed by atoms with Gasteiger partial charge in [-0.25, -0.2) is 0 Å². The fourth-order valence-electron chi connectivity index (χ4n) is 9.77. The molecule has 11 nitrogen and oxygen atoms in total. The average Bonchev–Trinajstić information content (AvgIpc) is 3.51. The molecule has 0 aromatic rings. The number of aliphatic hydroxyl groups is 5. The van der Waals surface area contributed by atoms with Crippen LogP contribution in [0.25, 0.3) is 0 Å². The first kappa shape index (κ1) is 75.6. The molecule has 6 N–H and O–H groups in total. The van der Waals surface area contributed by atoms with Gasteiger partial charge in [0.15, 0.2) is 12.4 Å². The van der Waals surface area contributed by atoms with E-state index in [9.17, 15) is 35.1 Å². The first-order chi connectivity index (χ1) is 39.7. The molecule has 1 aliphatic heterocycles. The molecular formula is C70H121NO10. The zero-order valence-corrected chi connectivity index (χ0v) is 51.6. The molecule has 11 heteroatoms. The molecule has 0 aliphatic carbocycles. The van der Waals surface area contributed by atoms with Crippen LogP contribution in [0.1, 0.15) is 271 Å². The molecule has 1 rings (SSSR count). The van der Waals surface area contributed by atoms with Gasteiger partial charge in [0.05, 0.1) is 25.4 Å². The Morgan fingerprint density at radius 1 is 0.494 bits per heavy atom. The maximum atomic E-state index is 13.4. The molecule has 0 bridgehead atoms. The summed E-state index contributed by atoms with van der Waals surface area (Å²) >= 11 is 0. The van der Waals surface area contributed by atoms with E-state index >= 15 is 0 Å². The second kappa shape index (κ2) is 57.0. The smallest absolute Gasteiger partial charge is 0.306 e. The lowest BCUT2D eigenvalue weighted by atomic mass is 9.99. The van der Waals surface area contributed by atoms with Crippen molar-refractivity contribution in [1.82, 2.24) is 5.32 Å². The third kappa shape index (κ3) is 44.7. The van der Waals surface area contributed by atoms with Crippen LogP contribution in [0, 0.1) is 0 Å². The summed E-state index contributed by atoms with van der Waals surface area (Å²) in [4.78, 5) is 26.6. The van der Waals surface area contributed by atoms with Gasteiger partial charge in [-0.05, 0) is 103 Å². The Kier molecular flexibility index (Phi) is 53.2. The van der Waals surface area contributed by atoms with E-state index in [-0.39, 0.29) is 19.4 Å². The number of ether oxygens (including phenoxy) is 3. The molecule has 0 saturated carbocycles. The van der Waals surface area contributed by atoms with Crippen molar-refractivity contribution in [3.63, 3.8) is 0 Å². The first-order valence-electron chi connectivity index (χ1n) is 33.0. The predicted octanol–water partition coefficient (Wildman–Crippen LogP) is 16.3. The third-order valence-electron chi connectivity index (χ3n) is 15.0. The number of rotatable bonds is 55. The number of esters is 1. The zero-order valence-electron chi connectivity index (χ0n) is 51.6. The van der Waals surface area contributed by atoms with E-state index in [0.717, 1.165) is 109 Å². The number of hydrogen-bond acceptors (Lipinski definition) is 10. The molecule has 0 spiro atoms. The number of allylic oxidation sites excluding steroid dienone is 15. The molecule has 466 valence electrons. The number of hydrogen-bond donors (Lipinski definition) is 6. The maximum absolute atomic E-state index is 13.4. The summed E-state index contributed by atoms with van der Waals surface area (Å²) in [6, 6.07) is -1.04. The molecule has 1 aliphatic rings. The van der Waals surface area contributed by atoms with Gasteiger partial charge in [-0.1, -0.05) is 259 Å². The van der Waals surface area contributed by atoms with Gasteiger partial charge in [0.2, 0.25) is 5.91 Å². The van der Waals surface area contributed by atoms with Crippen molar-refractivity contribution in [3.05, 3.63) is 97.2 Å². The standard InChI is InChI=1S/C70H121NO10/c1-4-7-10-13-16-19-22-25-26-27-28-29-30-31-32-33-34-35-36-37-38-40-43-46-49-52-55-58-65(75)81-68-67(77)66(76)64(59-72)80-70(68)79-60-61(62(73)56-53-50-47-44-41-24-21-18-15-12-9-6-3)71-69(78)63(74)57-54-51-48-45-42-39-23-20-17-14-11-8-5-2/h7,10,16,19,25-26,28-29,31-32,34-35,42,45,53,56,61-64,66-68,70,72-74,76-77H,4-6,8-9,11-15,17-18,20-24,27,30,33,36-41,43-44,46-52,54-55,57-60H2,1-3H3,(H,71,78)/b10-7-,19-16-,26-25-,29-28-,32-31-,35-34-,45-42-,56-53+. The maximum Gasteiger partial charge on any atom is 0.306 e. The molecule has 0 aromatic heterocycles. The van der Waals surface area contributed by atoms with E-state index in [0.29, 0.717) is 12.8 Å². The summed E-state index contributed by atoms with van der Waals surface area (Å²) in [7, 11) is 0. The molecule has 1 saturated heterocycles. The van der Waals surface area contributed by atoms with Gasteiger partial charge in [0, 0.05) is 6.42 Å². The van der Waals surface area contributed by atoms with Gasteiger partial charge in [-0.15, -0.1) is 0 Å². The van der Waals surface area contributed by atoms with Gasteiger partial charge >= 0.3 is 5.97 Å². The Morgan fingerprint density at radius 2 is 0.889 bits per heavy atom. The predicted molar refractivity (Wildman–Crippen MR) is 338 cm³/mol. The van der Waals surface area contributed by atoms with E-state index in [1.807, 2.05) is 6.08 Å². The minimum Gasteiger partial charge on any atom is -0.454 e. The molecule has 8 atom stereocenters. The summed E-state index contributed by atoms with van der Waals surface area (Å²) in [5, 5.41) is 57.0. The highest BCUT2D eigenvalue weighted by Gasteiger charge is 2.47. The normalized spacial score (nSPS) is 19.3. The Labute approximate surface area is 495 Å². The topological polar surface area (TPSA) is 175 Å². The van der Waals surface area contributed by atoms with Crippen LogP contribution >= 0.6 is 0 Å². The Morgan fingerprint density at radius 3 is 1.35 bits per heavy atom. The molecular weight excluding hydrogens is 1010 g/mol. The van der Waals surface area contributed by atoms with Crippen molar-refractivity contribution in [2.45, 2.75) is 320 Å². The van der Waals surface area contributed by atoms with E-state index in [1.165, 1.54) is 116 Å². The number of nitrogens with one attached hydrogen (secondary N) is 1. The van der Waals surface area contributed by atoms with Crippen LogP contribution in [0.3, 0.4) is 0 Å². The van der Waals surface area contributed by atoms with Crippen molar-refractivity contribution in [2.24, 2.45) is 0 Å². The number of carbonyl (C=O) groups is 2. The fraction of sp³-hybridized carbons (Fsp3) is 0.743.